The van der Waals surface area contributed by atoms with E-state index in [0.29, 0.717) is 32.1 Å². The molecule has 25 heavy (non-hydrogen) atoms. The van der Waals surface area contributed by atoms with E-state index >= 15 is 0 Å². The maximum Gasteiger partial charge on any atom is 0.307 e. The largest absolute Gasteiger partial charge is 0.481 e. The van der Waals surface area contributed by atoms with Gasteiger partial charge >= 0.3 is 5.97 Å². The van der Waals surface area contributed by atoms with Crippen LogP contribution in [0.4, 0.5) is 0 Å². The van der Waals surface area contributed by atoms with Crippen LogP contribution < -0.4 is 10.8 Å². The molecule has 7 nitrogen and oxygen atoms in total. The lowest BCUT2D eigenvalue weighted by Gasteiger charge is -2.21. The fraction of sp³-hybridized carbons (Fsp3) is 0.500. The summed E-state index contributed by atoms with van der Waals surface area (Å²) in [5.41, 5.74) is 2.70. The minimum atomic E-state index is -0.982. The van der Waals surface area contributed by atoms with Gasteiger partial charge in [-0.2, -0.15) is 0 Å². The smallest absolute Gasteiger partial charge is 0.307 e. The highest BCUT2D eigenvalue weighted by molar-refractivity contribution is 5.90. The van der Waals surface area contributed by atoms with Gasteiger partial charge in [0.05, 0.1) is 11.8 Å². The topological polar surface area (TPSA) is 116 Å². The Morgan fingerprint density at radius 1 is 1.12 bits per heavy atom. The van der Waals surface area contributed by atoms with Crippen molar-refractivity contribution in [1.29, 1.82) is 0 Å². The maximum atomic E-state index is 12.4. The van der Waals surface area contributed by atoms with E-state index in [4.69, 9.17) is 5.21 Å². The van der Waals surface area contributed by atoms with Gasteiger partial charge < -0.3 is 10.4 Å². The molecule has 1 saturated carbocycles. The number of hydrogen-bond acceptors (Lipinski definition) is 4. The molecule has 0 bridgehead atoms. The van der Waals surface area contributed by atoms with Crippen molar-refractivity contribution in [3.8, 4) is 0 Å². The van der Waals surface area contributed by atoms with Crippen LogP contribution in [0.25, 0.3) is 0 Å². The van der Waals surface area contributed by atoms with Crippen LogP contribution in [0.5, 0.6) is 0 Å². The molecule has 1 aromatic rings. The number of carboxylic acid groups (broad SMARTS) is 1. The summed E-state index contributed by atoms with van der Waals surface area (Å²) in [6.07, 6.45) is 3.40. The number of carbonyl (C=O) groups excluding carboxylic acids is 2. The second-order valence-corrected chi connectivity index (χ2v) is 6.40. The third kappa shape index (κ3) is 5.29. The van der Waals surface area contributed by atoms with Crippen molar-refractivity contribution in [2.75, 3.05) is 0 Å². The summed E-state index contributed by atoms with van der Waals surface area (Å²) < 4.78 is 0. The van der Waals surface area contributed by atoms with Gasteiger partial charge in [-0.15, -0.1) is 0 Å². The fourth-order valence-corrected chi connectivity index (χ4v) is 3.35. The molecule has 0 heterocycles. The number of rotatable bonds is 8. The van der Waals surface area contributed by atoms with E-state index in [9.17, 15) is 19.5 Å². The van der Waals surface area contributed by atoms with Crippen LogP contribution in [-0.4, -0.2) is 34.1 Å². The molecule has 1 aliphatic rings. The van der Waals surface area contributed by atoms with E-state index in [-0.39, 0.29) is 0 Å². The van der Waals surface area contributed by atoms with Crippen LogP contribution in [0.3, 0.4) is 0 Å². The van der Waals surface area contributed by atoms with E-state index in [2.05, 4.69) is 5.32 Å². The molecule has 1 aromatic carbocycles. The highest BCUT2D eigenvalue weighted by Gasteiger charge is 2.38. The van der Waals surface area contributed by atoms with Gasteiger partial charge in [0.2, 0.25) is 5.91 Å². The molecule has 4 N–H and O–H groups in total. The lowest BCUT2D eigenvalue weighted by atomic mass is 9.94. The first kappa shape index (κ1) is 18.9. The molecular formula is C18H24N2O5. The summed E-state index contributed by atoms with van der Waals surface area (Å²) in [5.74, 6) is -3.43. The first-order valence-electron chi connectivity index (χ1n) is 8.54. The first-order valence-corrected chi connectivity index (χ1v) is 8.54. The lowest BCUT2D eigenvalue weighted by Crippen LogP contribution is -2.48. The van der Waals surface area contributed by atoms with Crippen molar-refractivity contribution in [3.05, 3.63) is 35.9 Å². The molecule has 2 rings (SSSR count). The first-order chi connectivity index (χ1) is 12.0. The highest BCUT2D eigenvalue weighted by atomic mass is 16.5. The quantitative estimate of drug-likeness (QED) is 0.420. The molecule has 0 aliphatic heterocycles. The molecule has 0 saturated heterocycles. The van der Waals surface area contributed by atoms with Crippen LogP contribution in [-0.2, 0) is 20.8 Å². The average Bonchev–Trinajstić information content (AvgIpc) is 3.11. The average molecular weight is 348 g/mol. The Morgan fingerprint density at radius 2 is 1.80 bits per heavy atom. The monoisotopic (exact) mass is 348 g/mol. The van der Waals surface area contributed by atoms with E-state index < -0.39 is 35.7 Å². The Bertz CT molecular complexity index is 605. The predicted molar refractivity (Wildman–Crippen MR) is 89.7 cm³/mol. The zero-order chi connectivity index (χ0) is 18.2. The SMILES string of the molecule is O=C(NO)C(CCCc1ccccc1)NC(=O)[C@@H]1CCC[C@@H]1C(=O)O. The van der Waals surface area contributed by atoms with Gasteiger partial charge in [0.25, 0.3) is 5.91 Å². The summed E-state index contributed by atoms with van der Waals surface area (Å²) in [6, 6.07) is 8.87. The third-order valence-corrected chi connectivity index (χ3v) is 4.71. The van der Waals surface area contributed by atoms with Crippen LogP contribution in [0.2, 0.25) is 0 Å². The van der Waals surface area contributed by atoms with Crippen molar-refractivity contribution in [1.82, 2.24) is 10.8 Å². The lowest BCUT2D eigenvalue weighted by molar-refractivity contribution is -0.146. The molecule has 1 aliphatic carbocycles. The Hall–Kier alpha value is -2.41. The number of hydrogen-bond donors (Lipinski definition) is 4. The molecule has 0 aromatic heterocycles. The van der Waals surface area contributed by atoms with E-state index in [0.717, 1.165) is 12.0 Å². The molecule has 1 fully saturated rings. The maximum absolute atomic E-state index is 12.4. The van der Waals surface area contributed by atoms with Crippen LogP contribution >= 0.6 is 0 Å². The summed E-state index contributed by atoms with van der Waals surface area (Å²) in [5, 5.41) is 20.7. The van der Waals surface area contributed by atoms with E-state index in [1.54, 1.807) is 5.48 Å². The zero-order valence-electron chi connectivity index (χ0n) is 14.0. The van der Waals surface area contributed by atoms with Crippen molar-refractivity contribution in [2.45, 2.75) is 44.6 Å². The molecule has 0 radical (unpaired) electrons. The summed E-state index contributed by atoms with van der Waals surface area (Å²) in [7, 11) is 0. The van der Waals surface area contributed by atoms with Gasteiger partial charge in [-0.3, -0.25) is 19.6 Å². The number of amides is 2. The molecule has 7 heteroatoms. The summed E-state index contributed by atoms with van der Waals surface area (Å²) >= 11 is 0. The molecule has 1 unspecified atom stereocenters. The fourth-order valence-electron chi connectivity index (χ4n) is 3.35. The number of benzene rings is 1. The number of hydroxylamine groups is 1. The third-order valence-electron chi connectivity index (χ3n) is 4.71. The predicted octanol–water partition coefficient (Wildman–Crippen LogP) is 1.50. The number of carbonyl (C=O) groups is 3. The number of aliphatic carboxylic acids is 1. The number of nitrogens with one attached hydrogen (secondary N) is 2. The Balaban J connectivity index is 1.92. The summed E-state index contributed by atoms with van der Waals surface area (Å²) in [4.78, 5) is 35.4. The zero-order valence-corrected chi connectivity index (χ0v) is 14.0. The second-order valence-electron chi connectivity index (χ2n) is 6.40. The number of carboxylic acids is 1. The van der Waals surface area contributed by atoms with E-state index in [1.165, 1.54) is 0 Å². The van der Waals surface area contributed by atoms with Crippen molar-refractivity contribution >= 4 is 17.8 Å². The normalized spacial score (nSPS) is 20.7. The van der Waals surface area contributed by atoms with Gasteiger partial charge in [0.1, 0.15) is 6.04 Å². The van der Waals surface area contributed by atoms with Crippen molar-refractivity contribution < 1.29 is 24.7 Å². The Kier molecular flexibility index (Phi) is 6.94. The van der Waals surface area contributed by atoms with Crippen LogP contribution in [0.15, 0.2) is 30.3 Å². The molecular weight excluding hydrogens is 324 g/mol. The second kappa shape index (κ2) is 9.17. The van der Waals surface area contributed by atoms with E-state index in [1.807, 2.05) is 30.3 Å². The van der Waals surface area contributed by atoms with Gasteiger partial charge in [0.15, 0.2) is 0 Å². The van der Waals surface area contributed by atoms with Crippen LogP contribution in [0, 0.1) is 11.8 Å². The molecule has 136 valence electrons. The Labute approximate surface area is 146 Å². The molecule has 3 atom stereocenters. The van der Waals surface area contributed by atoms with Crippen LogP contribution in [0.1, 0.15) is 37.7 Å². The molecule has 0 spiro atoms. The van der Waals surface area contributed by atoms with Crippen molar-refractivity contribution in [3.63, 3.8) is 0 Å². The summed E-state index contributed by atoms with van der Waals surface area (Å²) in [6.45, 7) is 0. The minimum absolute atomic E-state index is 0.359. The highest BCUT2D eigenvalue weighted by Crippen LogP contribution is 2.32. The standard InChI is InChI=1S/C18H24N2O5/c21-16(13-9-5-10-14(13)18(23)24)19-15(17(22)20-25)11-4-8-12-6-2-1-3-7-12/h1-3,6-7,13-15,25H,4-5,8-11H2,(H,19,21)(H,20,22)(H,23,24)/t13-,14+,15?/m1/s1. The van der Waals surface area contributed by atoms with Gasteiger partial charge in [-0.05, 0) is 37.7 Å². The van der Waals surface area contributed by atoms with Crippen molar-refractivity contribution in [2.24, 2.45) is 11.8 Å². The number of aryl methyl sites for hydroxylation is 1. The van der Waals surface area contributed by atoms with Gasteiger partial charge in [0, 0.05) is 0 Å². The molecule has 2 amide bonds. The Morgan fingerprint density at radius 3 is 2.44 bits per heavy atom. The van der Waals surface area contributed by atoms with Gasteiger partial charge in [-0.1, -0.05) is 36.8 Å². The van der Waals surface area contributed by atoms with Gasteiger partial charge in [-0.25, -0.2) is 5.48 Å². The minimum Gasteiger partial charge on any atom is -0.481 e.